The first kappa shape index (κ1) is 10.2. The molecule has 0 amide bonds. The molecule has 1 aromatic heterocycles. The zero-order valence-corrected chi connectivity index (χ0v) is 7.67. The smallest absolute Gasteiger partial charge is 0.115 e. The summed E-state index contributed by atoms with van der Waals surface area (Å²) in [5, 5.41) is 0. The van der Waals surface area contributed by atoms with E-state index in [2.05, 4.69) is 23.8 Å². The minimum Gasteiger partial charge on any atom is -0.241 e. The second-order valence-electron chi connectivity index (χ2n) is 3.73. The highest BCUT2D eigenvalue weighted by Crippen LogP contribution is 2.24. The Labute approximate surface area is 80.4 Å². The lowest BCUT2D eigenvalue weighted by Gasteiger charge is -2.20. The molecule has 2 rings (SSSR count). The van der Waals surface area contributed by atoms with Gasteiger partial charge in [-0.1, -0.05) is 14.4 Å². The van der Waals surface area contributed by atoms with Gasteiger partial charge in [0.05, 0.1) is 0 Å². The fourth-order valence-corrected chi connectivity index (χ4v) is 1.87. The van der Waals surface area contributed by atoms with Crippen molar-refractivity contribution in [3.63, 3.8) is 0 Å². The van der Waals surface area contributed by atoms with Crippen LogP contribution in [-0.2, 0) is 12.8 Å². The van der Waals surface area contributed by atoms with Crippen LogP contribution in [0.15, 0.2) is 6.33 Å². The maximum atomic E-state index is 4.32. The minimum absolute atomic E-state index is 0. The van der Waals surface area contributed by atoms with Gasteiger partial charge in [-0.3, -0.25) is 0 Å². The number of hydrogen-bond donors (Lipinski definition) is 0. The van der Waals surface area contributed by atoms with Crippen molar-refractivity contribution in [1.29, 1.82) is 0 Å². The molecule has 1 atom stereocenters. The molecule has 1 aliphatic carbocycles. The Bertz CT molecular complexity index is 294. The zero-order valence-electron chi connectivity index (χ0n) is 7.67. The summed E-state index contributed by atoms with van der Waals surface area (Å²) in [5.41, 5.74) is 3.85. The molecule has 72 valence electrons. The summed E-state index contributed by atoms with van der Waals surface area (Å²) in [4.78, 5) is 8.53. The van der Waals surface area contributed by atoms with Crippen molar-refractivity contribution in [1.82, 2.24) is 9.97 Å². The second kappa shape index (κ2) is 3.86. The summed E-state index contributed by atoms with van der Waals surface area (Å²) in [6, 6.07) is 0. The van der Waals surface area contributed by atoms with E-state index in [1.165, 1.54) is 29.8 Å². The van der Waals surface area contributed by atoms with Gasteiger partial charge in [0.2, 0.25) is 0 Å². The van der Waals surface area contributed by atoms with E-state index in [0.29, 0.717) is 0 Å². The van der Waals surface area contributed by atoms with E-state index < -0.39 is 0 Å². The standard InChI is InChI=1S/C10H14N2.CH4/c1-7-3-4-9-8(2)11-6-12-10(9)5-7;/h6-7H,3-5H2,1-2H3;1H4. The van der Waals surface area contributed by atoms with Gasteiger partial charge in [0.1, 0.15) is 6.33 Å². The van der Waals surface area contributed by atoms with Crippen LogP contribution in [0.25, 0.3) is 0 Å². The van der Waals surface area contributed by atoms with Gasteiger partial charge in [0, 0.05) is 11.4 Å². The number of hydrogen-bond acceptors (Lipinski definition) is 2. The number of aromatic nitrogens is 2. The highest BCUT2D eigenvalue weighted by Gasteiger charge is 2.17. The molecular formula is C11H18N2. The Balaban J connectivity index is 0.000000845. The maximum Gasteiger partial charge on any atom is 0.115 e. The van der Waals surface area contributed by atoms with E-state index in [4.69, 9.17) is 0 Å². The molecule has 0 radical (unpaired) electrons. The molecule has 1 aliphatic rings. The van der Waals surface area contributed by atoms with Crippen LogP contribution in [0.1, 0.15) is 37.7 Å². The van der Waals surface area contributed by atoms with Gasteiger partial charge in [-0.15, -0.1) is 0 Å². The third-order valence-electron chi connectivity index (χ3n) is 2.68. The lowest BCUT2D eigenvalue weighted by molar-refractivity contribution is 0.488. The van der Waals surface area contributed by atoms with Gasteiger partial charge in [0.15, 0.2) is 0 Å². The van der Waals surface area contributed by atoms with Gasteiger partial charge in [-0.05, 0) is 37.7 Å². The summed E-state index contributed by atoms with van der Waals surface area (Å²) >= 11 is 0. The maximum absolute atomic E-state index is 4.32. The number of fused-ring (bicyclic) bond motifs is 1. The van der Waals surface area contributed by atoms with E-state index in [1.54, 1.807) is 6.33 Å². The van der Waals surface area contributed by atoms with Crippen molar-refractivity contribution in [2.45, 2.75) is 40.5 Å². The first-order valence-corrected chi connectivity index (χ1v) is 4.56. The van der Waals surface area contributed by atoms with E-state index in [-0.39, 0.29) is 7.43 Å². The van der Waals surface area contributed by atoms with Crippen molar-refractivity contribution in [2.24, 2.45) is 5.92 Å². The first-order chi connectivity index (χ1) is 5.77. The topological polar surface area (TPSA) is 25.8 Å². The molecule has 2 nitrogen and oxygen atoms in total. The van der Waals surface area contributed by atoms with Crippen LogP contribution in [0, 0.1) is 12.8 Å². The van der Waals surface area contributed by atoms with E-state index in [0.717, 1.165) is 12.3 Å². The average molecular weight is 178 g/mol. The monoisotopic (exact) mass is 178 g/mol. The van der Waals surface area contributed by atoms with Crippen LogP contribution in [0.5, 0.6) is 0 Å². The molecule has 1 unspecified atom stereocenters. The van der Waals surface area contributed by atoms with Crippen LogP contribution in [0.2, 0.25) is 0 Å². The Morgan fingerprint density at radius 2 is 2.15 bits per heavy atom. The number of nitrogens with zero attached hydrogens (tertiary/aromatic N) is 2. The van der Waals surface area contributed by atoms with Crippen molar-refractivity contribution in [3.05, 3.63) is 23.3 Å². The molecule has 0 saturated heterocycles. The summed E-state index contributed by atoms with van der Waals surface area (Å²) in [6.07, 6.45) is 5.29. The third kappa shape index (κ3) is 1.87. The van der Waals surface area contributed by atoms with Crippen molar-refractivity contribution in [3.8, 4) is 0 Å². The predicted octanol–water partition coefficient (Wildman–Crippen LogP) is 2.55. The van der Waals surface area contributed by atoms with E-state index in [1.807, 2.05) is 0 Å². The van der Waals surface area contributed by atoms with Gasteiger partial charge in [-0.2, -0.15) is 0 Å². The molecule has 0 saturated carbocycles. The highest BCUT2D eigenvalue weighted by molar-refractivity contribution is 5.26. The molecule has 0 aromatic carbocycles. The molecule has 13 heavy (non-hydrogen) atoms. The Kier molecular flexibility index (Phi) is 3.02. The van der Waals surface area contributed by atoms with Crippen molar-refractivity contribution in [2.75, 3.05) is 0 Å². The SMILES string of the molecule is C.Cc1ncnc2c1CCC(C)C2. The highest BCUT2D eigenvalue weighted by atomic mass is 14.8. The Morgan fingerprint density at radius 3 is 2.92 bits per heavy atom. The predicted molar refractivity (Wildman–Crippen MR) is 54.7 cm³/mol. The fourth-order valence-electron chi connectivity index (χ4n) is 1.87. The molecule has 0 N–H and O–H groups in total. The Hall–Kier alpha value is -0.920. The molecule has 0 fully saturated rings. The normalized spacial score (nSPS) is 20.3. The lowest BCUT2D eigenvalue weighted by Crippen LogP contribution is -2.14. The second-order valence-corrected chi connectivity index (χ2v) is 3.73. The largest absolute Gasteiger partial charge is 0.241 e. The van der Waals surface area contributed by atoms with Crippen LogP contribution >= 0.6 is 0 Å². The summed E-state index contributed by atoms with van der Waals surface area (Å²) in [5.74, 6) is 0.798. The fraction of sp³-hybridized carbons (Fsp3) is 0.636. The van der Waals surface area contributed by atoms with Crippen molar-refractivity contribution < 1.29 is 0 Å². The zero-order chi connectivity index (χ0) is 8.55. The summed E-state index contributed by atoms with van der Waals surface area (Å²) in [6.45, 7) is 4.37. The van der Waals surface area contributed by atoms with Crippen LogP contribution in [0.4, 0.5) is 0 Å². The molecule has 1 aromatic rings. The summed E-state index contributed by atoms with van der Waals surface area (Å²) < 4.78 is 0. The molecule has 1 heterocycles. The lowest BCUT2D eigenvalue weighted by atomic mass is 9.88. The van der Waals surface area contributed by atoms with Crippen LogP contribution < -0.4 is 0 Å². The Morgan fingerprint density at radius 1 is 1.38 bits per heavy atom. The van der Waals surface area contributed by atoms with Gasteiger partial charge >= 0.3 is 0 Å². The van der Waals surface area contributed by atoms with E-state index >= 15 is 0 Å². The third-order valence-corrected chi connectivity index (χ3v) is 2.68. The van der Waals surface area contributed by atoms with Crippen LogP contribution in [-0.4, -0.2) is 9.97 Å². The van der Waals surface area contributed by atoms with E-state index in [9.17, 15) is 0 Å². The number of rotatable bonds is 0. The summed E-state index contributed by atoms with van der Waals surface area (Å²) in [7, 11) is 0. The quantitative estimate of drug-likeness (QED) is 0.610. The first-order valence-electron chi connectivity index (χ1n) is 4.56. The molecule has 0 spiro atoms. The molecule has 0 aliphatic heterocycles. The molecule has 0 bridgehead atoms. The van der Waals surface area contributed by atoms with Gasteiger partial charge in [0.25, 0.3) is 0 Å². The number of aryl methyl sites for hydroxylation is 1. The molecule has 2 heteroatoms. The minimum atomic E-state index is 0. The average Bonchev–Trinajstić information content (AvgIpc) is 2.04. The van der Waals surface area contributed by atoms with Crippen LogP contribution in [0.3, 0.4) is 0 Å². The molecular weight excluding hydrogens is 160 g/mol. The van der Waals surface area contributed by atoms with Gasteiger partial charge in [-0.25, -0.2) is 9.97 Å². The van der Waals surface area contributed by atoms with Gasteiger partial charge < -0.3 is 0 Å². The van der Waals surface area contributed by atoms with Crippen molar-refractivity contribution >= 4 is 0 Å².